The second kappa shape index (κ2) is 3.82. The fourth-order valence-electron chi connectivity index (χ4n) is 3.86. The van der Waals surface area contributed by atoms with Crippen molar-refractivity contribution in [1.29, 1.82) is 0 Å². The molecule has 2 aliphatic carbocycles. The number of fused-ring (bicyclic) bond motifs is 1. The minimum atomic E-state index is -1.51. The normalized spacial score (nSPS) is 41.8. The van der Waals surface area contributed by atoms with Gasteiger partial charge in [0.25, 0.3) is 0 Å². The highest BCUT2D eigenvalue weighted by Gasteiger charge is 2.76. The van der Waals surface area contributed by atoms with Crippen LogP contribution in [0.3, 0.4) is 0 Å². The molecule has 0 spiro atoms. The van der Waals surface area contributed by atoms with Crippen molar-refractivity contribution < 1.29 is 28.6 Å². The summed E-state index contributed by atoms with van der Waals surface area (Å²) >= 11 is 0. The predicted molar refractivity (Wildman–Crippen MR) is 60.6 cm³/mol. The van der Waals surface area contributed by atoms with Crippen LogP contribution >= 0.6 is 0 Å². The van der Waals surface area contributed by atoms with E-state index in [-0.39, 0.29) is 17.9 Å². The largest absolute Gasteiger partial charge is 0.469 e. The van der Waals surface area contributed by atoms with Gasteiger partial charge < -0.3 is 14.2 Å². The molecule has 1 aliphatic heterocycles. The van der Waals surface area contributed by atoms with Gasteiger partial charge in [0.05, 0.1) is 7.11 Å². The van der Waals surface area contributed by atoms with Crippen molar-refractivity contribution in [3.8, 4) is 0 Å². The molecule has 102 valence electrons. The van der Waals surface area contributed by atoms with Crippen LogP contribution in [0.2, 0.25) is 0 Å². The highest BCUT2D eigenvalue weighted by Crippen LogP contribution is 2.61. The Morgan fingerprint density at radius 3 is 2.84 bits per heavy atom. The smallest absolute Gasteiger partial charge is 0.352 e. The van der Waals surface area contributed by atoms with Crippen LogP contribution in [-0.2, 0) is 28.6 Å². The van der Waals surface area contributed by atoms with Gasteiger partial charge in [-0.25, -0.2) is 9.59 Å². The molecule has 0 aromatic rings. The number of carbonyl (C=O) groups excluding carboxylic acids is 3. The van der Waals surface area contributed by atoms with Gasteiger partial charge in [0.1, 0.15) is 12.0 Å². The van der Waals surface area contributed by atoms with Gasteiger partial charge in [-0.2, -0.15) is 0 Å². The molecule has 0 N–H and O–H groups in total. The summed E-state index contributed by atoms with van der Waals surface area (Å²) in [5.74, 6) is -2.93. The van der Waals surface area contributed by atoms with Gasteiger partial charge in [-0.1, -0.05) is 6.58 Å². The summed E-state index contributed by atoms with van der Waals surface area (Å²) in [5.41, 5.74) is -1.51. The molecule has 0 aromatic carbocycles. The summed E-state index contributed by atoms with van der Waals surface area (Å²) in [6.45, 7) is 3.32. The molecule has 3 rings (SSSR count). The number of methoxy groups -OCH3 is 1. The first kappa shape index (κ1) is 12.2. The van der Waals surface area contributed by atoms with E-state index in [0.717, 1.165) is 6.08 Å². The lowest BCUT2D eigenvalue weighted by Gasteiger charge is -2.33. The minimum absolute atomic E-state index is 0.0356. The lowest BCUT2D eigenvalue weighted by atomic mass is 9.76. The van der Waals surface area contributed by atoms with Crippen molar-refractivity contribution in [2.75, 3.05) is 7.11 Å². The quantitative estimate of drug-likeness (QED) is 0.413. The Hall–Kier alpha value is -1.85. The molecule has 2 bridgehead atoms. The van der Waals surface area contributed by atoms with Gasteiger partial charge >= 0.3 is 17.9 Å². The fourth-order valence-corrected chi connectivity index (χ4v) is 3.86. The topological polar surface area (TPSA) is 78.9 Å². The van der Waals surface area contributed by atoms with E-state index in [2.05, 4.69) is 6.58 Å². The van der Waals surface area contributed by atoms with Crippen molar-refractivity contribution in [3.63, 3.8) is 0 Å². The van der Waals surface area contributed by atoms with Gasteiger partial charge in [0.15, 0.2) is 0 Å². The first-order valence-electron chi connectivity index (χ1n) is 6.19. The molecular formula is C13H14O6. The van der Waals surface area contributed by atoms with E-state index in [0.29, 0.717) is 12.8 Å². The second-order valence-electron chi connectivity index (χ2n) is 5.20. The predicted octanol–water partition coefficient (Wildman–Crippen LogP) is 0.209. The summed E-state index contributed by atoms with van der Waals surface area (Å²) < 4.78 is 15.3. The Morgan fingerprint density at radius 2 is 2.21 bits per heavy atom. The van der Waals surface area contributed by atoms with Crippen LogP contribution in [0.1, 0.15) is 12.8 Å². The maximum absolute atomic E-state index is 12.2. The Labute approximate surface area is 109 Å². The summed E-state index contributed by atoms with van der Waals surface area (Å²) in [4.78, 5) is 35.6. The molecule has 5 unspecified atom stereocenters. The van der Waals surface area contributed by atoms with Crippen molar-refractivity contribution in [3.05, 3.63) is 12.7 Å². The second-order valence-corrected chi connectivity index (χ2v) is 5.20. The fraction of sp³-hybridized carbons (Fsp3) is 0.615. The van der Waals surface area contributed by atoms with Crippen LogP contribution in [0, 0.1) is 17.8 Å². The van der Waals surface area contributed by atoms with Crippen LogP contribution < -0.4 is 0 Å². The van der Waals surface area contributed by atoms with Crippen LogP contribution in [0.25, 0.3) is 0 Å². The highest BCUT2D eigenvalue weighted by atomic mass is 16.6. The Bertz CT molecular complexity index is 484. The Kier molecular flexibility index (Phi) is 2.45. The first-order chi connectivity index (χ1) is 9.04. The van der Waals surface area contributed by atoms with Gasteiger partial charge in [0, 0.05) is 12.0 Å². The van der Waals surface area contributed by atoms with Crippen LogP contribution in [0.5, 0.6) is 0 Å². The molecule has 3 aliphatic rings. The van der Waals surface area contributed by atoms with Gasteiger partial charge in [-0.05, 0) is 18.8 Å². The number of esters is 3. The van der Waals surface area contributed by atoms with E-state index in [1.165, 1.54) is 7.11 Å². The molecule has 1 heterocycles. The first-order valence-corrected chi connectivity index (χ1v) is 6.19. The number of carbonyl (C=O) groups is 3. The van der Waals surface area contributed by atoms with Crippen LogP contribution in [0.4, 0.5) is 0 Å². The van der Waals surface area contributed by atoms with E-state index < -0.39 is 29.4 Å². The number of hydrogen-bond acceptors (Lipinski definition) is 6. The zero-order chi connectivity index (χ0) is 13.8. The summed E-state index contributed by atoms with van der Waals surface area (Å²) in [6.07, 6.45) is 2.00. The average Bonchev–Trinajstić information content (AvgIpc) is 2.97. The molecule has 6 heteroatoms. The Balaban J connectivity index is 2.04. The molecule has 1 saturated heterocycles. The highest BCUT2D eigenvalue weighted by molar-refractivity contribution is 5.95. The van der Waals surface area contributed by atoms with Crippen molar-refractivity contribution in [2.24, 2.45) is 17.8 Å². The molecular weight excluding hydrogens is 252 g/mol. The monoisotopic (exact) mass is 266 g/mol. The zero-order valence-electron chi connectivity index (χ0n) is 10.5. The van der Waals surface area contributed by atoms with Crippen LogP contribution in [-0.4, -0.2) is 36.7 Å². The Morgan fingerprint density at radius 1 is 1.47 bits per heavy atom. The number of rotatable bonds is 3. The average molecular weight is 266 g/mol. The third kappa shape index (κ3) is 1.34. The van der Waals surface area contributed by atoms with Gasteiger partial charge in [-0.3, -0.25) is 4.79 Å². The molecule has 2 saturated carbocycles. The number of ether oxygens (including phenoxy) is 3. The van der Waals surface area contributed by atoms with Crippen molar-refractivity contribution in [1.82, 2.24) is 0 Å². The minimum Gasteiger partial charge on any atom is -0.469 e. The van der Waals surface area contributed by atoms with E-state index in [4.69, 9.17) is 14.2 Å². The summed E-state index contributed by atoms with van der Waals surface area (Å²) in [6, 6.07) is 0. The number of hydrogen-bond donors (Lipinski definition) is 0. The molecule has 0 amide bonds. The lowest BCUT2D eigenvalue weighted by molar-refractivity contribution is -0.183. The maximum Gasteiger partial charge on any atom is 0.352 e. The lowest BCUT2D eigenvalue weighted by Crippen LogP contribution is -2.53. The maximum atomic E-state index is 12.2. The van der Waals surface area contributed by atoms with E-state index in [1.54, 1.807) is 0 Å². The SMILES string of the molecule is C=CC(=O)OC12C(=O)OC3CC(CC31)C2C(=O)OC. The third-order valence-electron chi connectivity index (χ3n) is 4.49. The standard InChI is InChI=1S/C13H14O6/c1-3-9(14)19-13-7-4-6(10(13)11(15)17-2)5-8(7)18-12(13)16/h3,6-8,10H,1,4-5H2,2H3. The molecule has 6 nitrogen and oxygen atoms in total. The third-order valence-corrected chi connectivity index (χ3v) is 4.49. The summed E-state index contributed by atoms with van der Waals surface area (Å²) in [5, 5.41) is 0. The van der Waals surface area contributed by atoms with Crippen molar-refractivity contribution >= 4 is 17.9 Å². The van der Waals surface area contributed by atoms with Gasteiger partial charge in [0.2, 0.25) is 5.60 Å². The molecule has 19 heavy (non-hydrogen) atoms. The van der Waals surface area contributed by atoms with E-state index >= 15 is 0 Å². The van der Waals surface area contributed by atoms with Crippen molar-refractivity contribution in [2.45, 2.75) is 24.5 Å². The van der Waals surface area contributed by atoms with E-state index in [1.807, 2.05) is 0 Å². The molecule has 0 aromatic heterocycles. The van der Waals surface area contributed by atoms with Crippen LogP contribution in [0.15, 0.2) is 12.7 Å². The molecule has 0 radical (unpaired) electrons. The van der Waals surface area contributed by atoms with Gasteiger partial charge in [-0.15, -0.1) is 0 Å². The molecule has 3 fully saturated rings. The van der Waals surface area contributed by atoms with E-state index in [9.17, 15) is 14.4 Å². The summed E-state index contributed by atoms with van der Waals surface area (Å²) in [7, 11) is 1.26. The zero-order valence-corrected chi connectivity index (χ0v) is 10.5. The molecule has 5 atom stereocenters.